The Bertz CT molecular complexity index is 430. The lowest BCUT2D eigenvalue weighted by Gasteiger charge is -2.15. The Hall–Kier alpha value is -1.55. The van der Waals surface area contributed by atoms with Gasteiger partial charge in [0.25, 0.3) is 0 Å². The van der Waals surface area contributed by atoms with Crippen LogP contribution in [0.4, 0.5) is 10.5 Å². The number of carbonyl (C=O) groups is 1. The molecule has 1 atom stereocenters. The molecule has 1 saturated heterocycles. The van der Waals surface area contributed by atoms with Gasteiger partial charge in [-0.1, -0.05) is 18.2 Å². The molecule has 0 unspecified atom stereocenters. The van der Waals surface area contributed by atoms with E-state index in [-0.39, 0.29) is 6.03 Å². The van der Waals surface area contributed by atoms with Crippen molar-refractivity contribution in [1.29, 1.82) is 0 Å². The molecule has 2 N–H and O–H groups in total. The molecule has 0 bridgehead atoms. The molecule has 2 amide bonds. The first-order valence-corrected chi connectivity index (χ1v) is 7.15. The Morgan fingerprint density at radius 2 is 2.00 bits per heavy atom. The number of benzene rings is 1. The van der Waals surface area contributed by atoms with Crippen molar-refractivity contribution in [3.8, 4) is 0 Å². The Morgan fingerprint density at radius 1 is 1.21 bits per heavy atom. The van der Waals surface area contributed by atoms with Crippen molar-refractivity contribution in [2.24, 2.45) is 5.92 Å². The lowest BCUT2D eigenvalue weighted by molar-refractivity contribution is 0.249. The van der Waals surface area contributed by atoms with Crippen LogP contribution in [-0.4, -0.2) is 36.6 Å². The zero-order chi connectivity index (χ0) is 13.1. The van der Waals surface area contributed by atoms with Gasteiger partial charge in [-0.3, -0.25) is 0 Å². The van der Waals surface area contributed by atoms with Crippen molar-refractivity contribution in [2.45, 2.75) is 25.3 Å². The minimum Gasteiger partial charge on any atom is -0.338 e. The van der Waals surface area contributed by atoms with Crippen LogP contribution in [-0.2, 0) is 0 Å². The Labute approximate surface area is 114 Å². The largest absolute Gasteiger partial charge is 0.338 e. The van der Waals surface area contributed by atoms with E-state index in [0.717, 1.165) is 24.8 Å². The van der Waals surface area contributed by atoms with E-state index in [1.54, 1.807) is 0 Å². The second-order valence-corrected chi connectivity index (χ2v) is 5.58. The fourth-order valence-electron chi connectivity index (χ4n) is 2.73. The van der Waals surface area contributed by atoms with Crippen LogP contribution in [0, 0.1) is 5.92 Å². The lowest BCUT2D eigenvalue weighted by atomic mass is 10.1. The molecule has 2 fully saturated rings. The molecule has 4 heteroatoms. The normalized spacial score (nSPS) is 23.3. The molecule has 4 nitrogen and oxygen atoms in total. The van der Waals surface area contributed by atoms with Gasteiger partial charge in [0.2, 0.25) is 0 Å². The molecule has 3 rings (SSSR count). The van der Waals surface area contributed by atoms with E-state index < -0.39 is 0 Å². The van der Waals surface area contributed by atoms with Crippen LogP contribution in [0.5, 0.6) is 0 Å². The van der Waals surface area contributed by atoms with Crippen molar-refractivity contribution in [3.63, 3.8) is 0 Å². The molecule has 0 aromatic heterocycles. The van der Waals surface area contributed by atoms with Crippen LogP contribution in [0.3, 0.4) is 0 Å². The summed E-state index contributed by atoms with van der Waals surface area (Å²) in [7, 11) is 0. The van der Waals surface area contributed by atoms with E-state index in [0.29, 0.717) is 5.92 Å². The zero-order valence-corrected chi connectivity index (χ0v) is 11.1. The molecular formula is C15H21N3O. The number of amides is 2. The van der Waals surface area contributed by atoms with E-state index in [1.165, 1.54) is 25.8 Å². The number of likely N-dealkylation sites (tertiary alicyclic amines) is 1. The number of hydrogen-bond donors (Lipinski definition) is 2. The maximum atomic E-state index is 11.8. The first-order chi connectivity index (χ1) is 9.31. The fraction of sp³-hybridized carbons (Fsp3) is 0.533. The molecule has 0 radical (unpaired) electrons. The van der Waals surface area contributed by atoms with Crippen molar-refractivity contribution in [1.82, 2.24) is 10.2 Å². The van der Waals surface area contributed by atoms with Crippen LogP contribution in [0.1, 0.15) is 19.3 Å². The number of rotatable bonds is 4. The van der Waals surface area contributed by atoms with Gasteiger partial charge in [-0.05, 0) is 43.9 Å². The molecule has 0 spiro atoms. The number of nitrogens with one attached hydrogen (secondary N) is 2. The van der Waals surface area contributed by atoms with E-state index in [9.17, 15) is 4.79 Å². The molecule has 1 saturated carbocycles. The third-order valence-electron chi connectivity index (χ3n) is 3.96. The summed E-state index contributed by atoms with van der Waals surface area (Å²) in [6, 6.07) is 10.3. The van der Waals surface area contributed by atoms with Gasteiger partial charge in [0.15, 0.2) is 0 Å². The van der Waals surface area contributed by atoms with Crippen LogP contribution in [0.25, 0.3) is 0 Å². The standard InChI is InChI=1S/C15H21N3O/c19-15(17-13-4-2-1-3-5-13)16-10-12-8-9-18(11-12)14-6-7-14/h1-5,12,14H,6-11H2,(H2,16,17,19)/t12-/m0/s1. The van der Waals surface area contributed by atoms with Crippen molar-refractivity contribution >= 4 is 11.7 Å². The first kappa shape index (κ1) is 12.5. The van der Waals surface area contributed by atoms with E-state index >= 15 is 0 Å². The third kappa shape index (κ3) is 3.47. The van der Waals surface area contributed by atoms with Crippen LogP contribution < -0.4 is 10.6 Å². The number of para-hydroxylation sites is 1. The number of carbonyl (C=O) groups excluding carboxylic acids is 1. The number of nitrogens with zero attached hydrogens (tertiary/aromatic N) is 1. The van der Waals surface area contributed by atoms with Gasteiger partial charge in [-0.25, -0.2) is 4.79 Å². The summed E-state index contributed by atoms with van der Waals surface area (Å²) in [6.07, 6.45) is 3.95. The molecule has 1 aromatic carbocycles. The number of anilines is 1. The minimum absolute atomic E-state index is 0.101. The van der Waals surface area contributed by atoms with Crippen molar-refractivity contribution < 1.29 is 4.79 Å². The van der Waals surface area contributed by atoms with Crippen LogP contribution in [0.15, 0.2) is 30.3 Å². The zero-order valence-electron chi connectivity index (χ0n) is 11.1. The van der Waals surface area contributed by atoms with E-state index in [4.69, 9.17) is 0 Å². The summed E-state index contributed by atoms with van der Waals surface area (Å²) in [5.41, 5.74) is 0.839. The summed E-state index contributed by atoms with van der Waals surface area (Å²) in [5, 5.41) is 5.82. The molecule has 1 aliphatic carbocycles. The van der Waals surface area contributed by atoms with Gasteiger partial charge < -0.3 is 15.5 Å². The topological polar surface area (TPSA) is 44.4 Å². The highest BCUT2D eigenvalue weighted by molar-refractivity contribution is 5.89. The molecule has 1 aromatic rings. The molecule has 102 valence electrons. The molecular weight excluding hydrogens is 238 g/mol. The Balaban J connectivity index is 1.39. The summed E-state index contributed by atoms with van der Waals surface area (Å²) in [6.45, 7) is 3.13. The summed E-state index contributed by atoms with van der Waals surface area (Å²) in [5.74, 6) is 0.613. The van der Waals surface area contributed by atoms with E-state index in [1.807, 2.05) is 30.3 Å². The summed E-state index contributed by atoms with van der Waals surface area (Å²) >= 11 is 0. The first-order valence-electron chi connectivity index (χ1n) is 7.15. The van der Waals surface area contributed by atoms with Gasteiger partial charge in [0.05, 0.1) is 0 Å². The van der Waals surface area contributed by atoms with Crippen molar-refractivity contribution in [3.05, 3.63) is 30.3 Å². The summed E-state index contributed by atoms with van der Waals surface area (Å²) in [4.78, 5) is 14.3. The van der Waals surface area contributed by atoms with Gasteiger partial charge in [0.1, 0.15) is 0 Å². The highest BCUT2D eigenvalue weighted by Crippen LogP contribution is 2.31. The second kappa shape index (κ2) is 5.61. The summed E-state index contributed by atoms with van der Waals surface area (Å²) < 4.78 is 0. The predicted octanol–water partition coefficient (Wildman–Crippen LogP) is 2.29. The number of hydrogen-bond acceptors (Lipinski definition) is 2. The highest BCUT2D eigenvalue weighted by atomic mass is 16.2. The average Bonchev–Trinajstić information content (AvgIpc) is 3.17. The Morgan fingerprint density at radius 3 is 2.74 bits per heavy atom. The highest BCUT2D eigenvalue weighted by Gasteiger charge is 2.34. The fourth-order valence-corrected chi connectivity index (χ4v) is 2.73. The van der Waals surface area contributed by atoms with Gasteiger partial charge >= 0.3 is 6.03 Å². The maximum absolute atomic E-state index is 11.8. The smallest absolute Gasteiger partial charge is 0.319 e. The van der Waals surface area contributed by atoms with Gasteiger partial charge in [0, 0.05) is 24.8 Å². The number of urea groups is 1. The second-order valence-electron chi connectivity index (χ2n) is 5.58. The van der Waals surface area contributed by atoms with Crippen molar-refractivity contribution in [2.75, 3.05) is 25.0 Å². The van der Waals surface area contributed by atoms with Crippen LogP contribution >= 0.6 is 0 Å². The van der Waals surface area contributed by atoms with Gasteiger partial charge in [-0.2, -0.15) is 0 Å². The molecule has 1 heterocycles. The van der Waals surface area contributed by atoms with Gasteiger partial charge in [-0.15, -0.1) is 0 Å². The molecule has 19 heavy (non-hydrogen) atoms. The SMILES string of the molecule is O=C(NC[C@@H]1CCN(C2CC2)C1)Nc1ccccc1. The minimum atomic E-state index is -0.101. The monoisotopic (exact) mass is 259 g/mol. The molecule has 2 aliphatic rings. The van der Waals surface area contributed by atoms with Crippen LogP contribution in [0.2, 0.25) is 0 Å². The Kier molecular flexibility index (Phi) is 3.69. The third-order valence-corrected chi connectivity index (χ3v) is 3.96. The maximum Gasteiger partial charge on any atom is 0.319 e. The van der Waals surface area contributed by atoms with E-state index in [2.05, 4.69) is 15.5 Å². The average molecular weight is 259 g/mol. The molecule has 1 aliphatic heterocycles. The quantitative estimate of drug-likeness (QED) is 0.871. The lowest BCUT2D eigenvalue weighted by Crippen LogP contribution is -2.34. The predicted molar refractivity (Wildman–Crippen MR) is 76.2 cm³/mol.